The van der Waals surface area contributed by atoms with E-state index in [4.69, 9.17) is 4.42 Å². The van der Waals surface area contributed by atoms with Crippen LogP contribution in [0.3, 0.4) is 0 Å². The van der Waals surface area contributed by atoms with Gasteiger partial charge in [-0.3, -0.25) is 4.79 Å². The van der Waals surface area contributed by atoms with Gasteiger partial charge in [0, 0.05) is 37.4 Å². The fraction of sp³-hybridized carbons (Fsp3) is 0.353. The number of carbonyl (C=O) groups is 1. The lowest BCUT2D eigenvalue weighted by molar-refractivity contribution is -0.137. The predicted molar refractivity (Wildman–Crippen MR) is 84.2 cm³/mol. The number of alkyl halides is 3. The molecular formula is C17H17F3N2O2. The van der Waals surface area contributed by atoms with E-state index in [-0.39, 0.29) is 11.5 Å². The Morgan fingerprint density at radius 2 is 1.79 bits per heavy atom. The first-order valence-electron chi connectivity index (χ1n) is 7.58. The Kier molecular flexibility index (Phi) is 4.36. The Hall–Kier alpha value is -2.28. The van der Waals surface area contributed by atoms with E-state index in [1.807, 2.05) is 11.9 Å². The molecule has 0 spiro atoms. The van der Waals surface area contributed by atoms with Gasteiger partial charge in [0.1, 0.15) is 5.76 Å². The van der Waals surface area contributed by atoms with Crippen molar-refractivity contribution in [1.29, 1.82) is 0 Å². The number of hydrogen-bond donors (Lipinski definition) is 0. The fourth-order valence-corrected chi connectivity index (χ4v) is 2.79. The minimum absolute atomic E-state index is 0.0896. The van der Waals surface area contributed by atoms with Crippen molar-refractivity contribution in [2.75, 3.05) is 38.1 Å². The summed E-state index contributed by atoms with van der Waals surface area (Å²) in [6.45, 7) is 3.10. The molecule has 0 atom stereocenters. The van der Waals surface area contributed by atoms with E-state index in [9.17, 15) is 18.0 Å². The highest BCUT2D eigenvalue weighted by atomic mass is 19.4. The third kappa shape index (κ3) is 3.31. The summed E-state index contributed by atoms with van der Waals surface area (Å²) in [4.78, 5) is 15.0. The summed E-state index contributed by atoms with van der Waals surface area (Å²) >= 11 is 0. The van der Waals surface area contributed by atoms with Crippen LogP contribution in [0.4, 0.5) is 18.9 Å². The highest BCUT2D eigenvalue weighted by molar-refractivity contribution is 5.79. The lowest BCUT2D eigenvalue weighted by Gasteiger charge is -2.35. The molecule has 0 bridgehead atoms. The van der Waals surface area contributed by atoms with E-state index in [0.717, 1.165) is 38.3 Å². The second-order valence-electron chi connectivity index (χ2n) is 5.84. The van der Waals surface area contributed by atoms with Crippen LogP contribution in [0, 0.1) is 0 Å². The van der Waals surface area contributed by atoms with Crippen LogP contribution in [0.15, 0.2) is 34.7 Å². The van der Waals surface area contributed by atoms with Gasteiger partial charge in [0.15, 0.2) is 12.0 Å². The molecule has 1 aliphatic rings. The molecular weight excluding hydrogens is 321 g/mol. The van der Waals surface area contributed by atoms with Crippen LogP contribution < -0.4 is 4.90 Å². The molecule has 24 heavy (non-hydrogen) atoms. The number of hydrogen-bond acceptors (Lipinski definition) is 4. The van der Waals surface area contributed by atoms with E-state index >= 15 is 0 Å². The van der Waals surface area contributed by atoms with Crippen LogP contribution in [0.5, 0.6) is 0 Å². The first kappa shape index (κ1) is 16.6. The Bertz CT molecular complexity index is 732. The number of piperazine rings is 1. The SMILES string of the molecule is CN1CCN(c2ccc(C(F)(F)F)cc2-c2ccc(C=O)o2)CC1. The standard InChI is InChI=1S/C17H17F3N2O2/c1-21-6-8-22(9-7-21)15-4-2-12(17(18,19)20)10-14(15)16-5-3-13(11-23)24-16/h2-5,10-11H,6-9H2,1H3. The van der Waals surface area contributed by atoms with Crippen LogP contribution in [0.2, 0.25) is 0 Å². The molecule has 3 rings (SSSR count). The summed E-state index contributed by atoms with van der Waals surface area (Å²) in [6, 6.07) is 6.63. The molecule has 2 heterocycles. The average molecular weight is 338 g/mol. The molecule has 1 aromatic carbocycles. The largest absolute Gasteiger partial charge is 0.453 e. The van der Waals surface area contributed by atoms with Crippen LogP contribution in [0.1, 0.15) is 16.1 Å². The maximum absolute atomic E-state index is 13.1. The Morgan fingerprint density at radius 3 is 2.38 bits per heavy atom. The number of benzene rings is 1. The summed E-state index contributed by atoms with van der Waals surface area (Å²) in [5.74, 6) is 0.351. The molecule has 0 N–H and O–H groups in total. The zero-order valence-corrected chi connectivity index (χ0v) is 13.1. The van der Waals surface area contributed by atoms with Gasteiger partial charge >= 0.3 is 6.18 Å². The summed E-state index contributed by atoms with van der Waals surface area (Å²) in [5.41, 5.74) is 0.296. The zero-order valence-electron chi connectivity index (χ0n) is 13.1. The summed E-state index contributed by atoms with van der Waals surface area (Å²) in [7, 11) is 2.01. The zero-order chi connectivity index (χ0) is 17.3. The van der Waals surface area contributed by atoms with E-state index in [2.05, 4.69) is 4.90 Å². The smallest absolute Gasteiger partial charge is 0.416 e. The van der Waals surface area contributed by atoms with E-state index in [0.29, 0.717) is 17.5 Å². The van der Waals surface area contributed by atoms with Crippen molar-refractivity contribution in [3.05, 3.63) is 41.7 Å². The van der Waals surface area contributed by atoms with Gasteiger partial charge in [-0.05, 0) is 37.4 Å². The summed E-state index contributed by atoms with van der Waals surface area (Å²) < 4.78 is 44.6. The normalized spacial score (nSPS) is 16.4. The van der Waals surface area contributed by atoms with Crippen molar-refractivity contribution in [3.63, 3.8) is 0 Å². The molecule has 0 unspecified atom stereocenters. The molecule has 0 aliphatic carbocycles. The number of furan rings is 1. The maximum Gasteiger partial charge on any atom is 0.416 e. The molecule has 0 saturated carbocycles. The van der Waals surface area contributed by atoms with Crippen molar-refractivity contribution in [1.82, 2.24) is 4.90 Å². The van der Waals surface area contributed by atoms with E-state index in [1.165, 1.54) is 18.2 Å². The van der Waals surface area contributed by atoms with Gasteiger partial charge in [-0.1, -0.05) is 0 Å². The Balaban J connectivity index is 2.05. The van der Waals surface area contributed by atoms with Gasteiger partial charge < -0.3 is 14.2 Å². The molecule has 4 nitrogen and oxygen atoms in total. The van der Waals surface area contributed by atoms with Crippen LogP contribution in [-0.4, -0.2) is 44.4 Å². The molecule has 1 saturated heterocycles. The van der Waals surface area contributed by atoms with Gasteiger partial charge in [-0.15, -0.1) is 0 Å². The molecule has 1 aromatic heterocycles. The van der Waals surface area contributed by atoms with E-state index < -0.39 is 11.7 Å². The van der Waals surface area contributed by atoms with Crippen molar-refractivity contribution in [2.45, 2.75) is 6.18 Å². The number of aldehydes is 1. The molecule has 1 aliphatic heterocycles. The lowest BCUT2D eigenvalue weighted by Crippen LogP contribution is -2.44. The number of anilines is 1. The van der Waals surface area contributed by atoms with Gasteiger partial charge in [0.25, 0.3) is 0 Å². The van der Waals surface area contributed by atoms with Crippen molar-refractivity contribution in [2.24, 2.45) is 0 Å². The van der Waals surface area contributed by atoms with Crippen LogP contribution in [0.25, 0.3) is 11.3 Å². The van der Waals surface area contributed by atoms with Gasteiger partial charge in [0.2, 0.25) is 0 Å². The number of nitrogens with zero attached hydrogens (tertiary/aromatic N) is 2. The van der Waals surface area contributed by atoms with Crippen molar-refractivity contribution in [3.8, 4) is 11.3 Å². The molecule has 0 amide bonds. The van der Waals surface area contributed by atoms with Crippen LogP contribution >= 0.6 is 0 Å². The number of rotatable bonds is 3. The number of halogens is 3. The second kappa shape index (κ2) is 6.32. The molecule has 7 heteroatoms. The Morgan fingerprint density at radius 1 is 1.08 bits per heavy atom. The molecule has 2 aromatic rings. The quantitative estimate of drug-likeness (QED) is 0.803. The first-order valence-corrected chi connectivity index (χ1v) is 7.58. The minimum Gasteiger partial charge on any atom is -0.453 e. The van der Waals surface area contributed by atoms with Crippen molar-refractivity contribution < 1.29 is 22.4 Å². The summed E-state index contributed by atoms with van der Waals surface area (Å²) in [6.07, 6.45) is -3.90. The first-order chi connectivity index (χ1) is 11.4. The maximum atomic E-state index is 13.1. The molecule has 0 radical (unpaired) electrons. The third-order valence-electron chi connectivity index (χ3n) is 4.18. The van der Waals surface area contributed by atoms with Crippen molar-refractivity contribution >= 4 is 12.0 Å². The van der Waals surface area contributed by atoms with E-state index in [1.54, 1.807) is 0 Å². The predicted octanol–water partition coefficient (Wildman–Crippen LogP) is 3.53. The molecule has 1 fully saturated rings. The van der Waals surface area contributed by atoms with Gasteiger partial charge in [-0.25, -0.2) is 0 Å². The fourth-order valence-electron chi connectivity index (χ4n) is 2.79. The highest BCUT2D eigenvalue weighted by Crippen LogP contribution is 2.38. The van der Waals surface area contributed by atoms with Gasteiger partial charge in [-0.2, -0.15) is 13.2 Å². The highest BCUT2D eigenvalue weighted by Gasteiger charge is 2.32. The minimum atomic E-state index is -4.44. The number of likely N-dealkylation sites (N-methyl/N-ethyl adjacent to an activating group) is 1. The van der Waals surface area contributed by atoms with Crippen LogP contribution in [-0.2, 0) is 6.18 Å². The lowest BCUT2D eigenvalue weighted by atomic mass is 10.0. The second-order valence-corrected chi connectivity index (χ2v) is 5.84. The van der Waals surface area contributed by atoms with Gasteiger partial charge in [0.05, 0.1) is 5.56 Å². The third-order valence-corrected chi connectivity index (χ3v) is 4.18. The average Bonchev–Trinajstić information content (AvgIpc) is 3.03. The number of carbonyl (C=O) groups excluding carboxylic acids is 1. The topological polar surface area (TPSA) is 36.7 Å². The Labute approximate surface area is 137 Å². The monoisotopic (exact) mass is 338 g/mol. The summed E-state index contributed by atoms with van der Waals surface area (Å²) in [5, 5.41) is 0. The molecule has 128 valence electrons.